The molecule has 0 fully saturated rings. The minimum absolute atomic E-state index is 0. The number of hydrogen-bond acceptors (Lipinski definition) is 4. The van der Waals surface area contributed by atoms with Crippen LogP contribution in [0.5, 0.6) is 0 Å². The summed E-state index contributed by atoms with van der Waals surface area (Å²) in [4.78, 5) is 10.8. The van der Waals surface area contributed by atoms with Gasteiger partial charge < -0.3 is 22.1 Å². The normalized spacial score (nSPS) is 9.56. The van der Waals surface area contributed by atoms with Crippen molar-refractivity contribution in [1.29, 1.82) is 5.26 Å². The molecular weight excluding hydrogens is 302 g/mol. The molecule has 0 spiro atoms. The van der Waals surface area contributed by atoms with E-state index in [1.807, 2.05) is 6.07 Å². The smallest absolute Gasteiger partial charge is 0.314 e. The molecule has 100 valence electrons. The molecule has 0 atom stereocenters. The lowest BCUT2D eigenvalue weighted by Crippen LogP contribution is -3.00. The van der Waals surface area contributed by atoms with Gasteiger partial charge in [0.05, 0.1) is 12.5 Å². The van der Waals surface area contributed by atoms with Crippen LogP contribution in [0.15, 0.2) is 0 Å². The molecule has 0 aliphatic carbocycles. The molecule has 0 aliphatic heterocycles. The maximum absolute atomic E-state index is 10.8. The van der Waals surface area contributed by atoms with Gasteiger partial charge in [-0.3, -0.25) is 4.79 Å². The van der Waals surface area contributed by atoms with Crippen LogP contribution in [0.3, 0.4) is 0 Å². The van der Waals surface area contributed by atoms with Gasteiger partial charge in [0.15, 0.2) is 5.21 Å². The summed E-state index contributed by atoms with van der Waals surface area (Å²) < 4.78 is 3.10. The molecule has 1 rings (SSSR count). The minimum atomic E-state index is -0.921. The number of unbranched alkanes of at least 4 members (excludes halogenated alkanes) is 1. The summed E-state index contributed by atoms with van der Waals surface area (Å²) in [6.45, 7) is 3.09. The molecule has 0 aliphatic rings. The Balaban J connectivity index is 0.00000289. The number of nitrogens with zero attached hydrogens (tertiary/aromatic N) is 5. The van der Waals surface area contributed by atoms with E-state index in [0.29, 0.717) is 25.3 Å². The number of aromatic nitrogens is 4. The molecule has 1 aromatic rings. The molecule has 0 aromatic carbocycles. The standard InChI is InChI=1S/C10H15N5O2.BrH/c1-2-3-6-14-9(8-10(16)17)15(13-12-14)7-4-5-11;/h2-4,6-8H2,1H3;1H. The molecule has 1 N–H and O–H groups in total. The molecule has 0 saturated heterocycles. The van der Waals surface area contributed by atoms with Gasteiger partial charge in [-0.05, 0) is 6.42 Å². The Hall–Kier alpha value is -1.49. The molecule has 0 bridgehead atoms. The molecule has 0 amide bonds. The van der Waals surface area contributed by atoms with E-state index in [1.54, 1.807) is 4.68 Å². The van der Waals surface area contributed by atoms with Crippen molar-refractivity contribution in [1.82, 2.24) is 15.1 Å². The van der Waals surface area contributed by atoms with Crippen LogP contribution in [0.2, 0.25) is 0 Å². The zero-order valence-electron chi connectivity index (χ0n) is 10.2. The number of aliphatic carboxylic acids is 1. The first kappa shape index (κ1) is 16.5. The molecule has 0 unspecified atom stereocenters. The molecule has 1 heterocycles. The van der Waals surface area contributed by atoms with E-state index in [0.717, 1.165) is 12.8 Å². The van der Waals surface area contributed by atoms with Crippen LogP contribution in [0.25, 0.3) is 0 Å². The first-order chi connectivity index (χ1) is 8.19. The van der Waals surface area contributed by atoms with Crippen LogP contribution >= 0.6 is 0 Å². The highest BCUT2D eigenvalue weighted by atomic mass is 79.9. The van der Waals surface area contributed by atoms with Crippen LogP contribution in [0.4, 0.5) is 0 Å². The predicted molar refractivity (Wildman–Crippen MR) is 56.7 cm³/mol. The average Bonchev–Trinajstić information content (AvgIpc) is 2.65. The van der Waals surface area contributed by atoms with E-state index >= 15 is 0 Å². The summed E-state index contributed by atoms with van der Waals surface area (Å²) in [6, 6.07) is 2.00. The third-order valence-corrected chi connectivity index (χ3v) is 2.32. The second-order valence-corrected chi connectivity index (χ2v) is 3.67. The first-order valence-electron chi connectivity index (χ1n) is 5.60. The van der Waals surface area contributed by atoms with Crippen LogP contribution in [-0.4, -0.2) is 26.2 Å². The predicted octanol–water partition coefficient (Wildman–Crippen LogP) is -3.09. The third-order valence-electron chi connectivity index (χ3n) is 2.32. The highest BCUT2D eigenvalue weighted by Crippen LogP contribution is 1.97. The number of aryl methyl sites for hydroxylation is 2. The third kappa shape index (κ3) is 4.79. The number of carbonyl (C=O) groups is 1. The fourth-order valence-electron chi connectivity index (χ4n) is 1.46. The fraction of sp³-hybridized carbons (Fsp3) is 0.700. The molecule has 18 heavy (non-hydrogen) atoms. The van der Waals surface area contributed by atoms with E-state index in [1.165, 1.54) is 4.68 Å². The van der Waals surface area contributed by atoms with Crippen molar-refractivity contribution in [3.63, 3.8) is 0 Å². The van der Waals surface area contributed by atoms with Crippen LogP contribution in [-0.2, 0) is 24.3 Å². The van der Waals surface area contributed by atoms with Gasteiger partial charge in [0.25, 0.3) is 5.82 Å². The van der Waals surface area contributed by atoms with Gasteiger partial charge in [-0.15, -0.1) is 4.68 Å². The van der Waals surface area contributed by atoms with E-state index in [2.05, 4.69) is 17.4 Å². The van der Waals surface area contributed by atoms with E-state index in [-0.39, 0.29) is 23.4 Å². The molecular formula is C10H16BrN5O2. The van der Waals surface area contributed by atoms with Crippen molar-refractivity contribution in [2.45, 2.75) is 45.7 Å². The average molecular weight is 318 g/mol. The maximum atomic E-state index is 10.8. The van der Waals surface area contributed by atoms with E-state index < -0.39 is 5.97 Å². The zero-order chi connectivity index (χ0) is 12.7. The number of halogens is 1. The van der Waals surface area contributed by atoms with Crippen molar-refractivity contribution in [3.05, 3.63) is 5.82 Å². The number of carboxylic acid groups (broad SMARTS) is 1. The molecule has 1 aromatic heterocycles. The highest BCUT2D eigenvalue weighted by molar-refractivity contribution is 5.68. The second-order valence-electron chi connectivity index (χ2n) is 3.67. The zero-order valence-corrected chi connectivity index (χ0v) is 11.8. The molecule has 0 radical (unpaired) electrons. The highest BCUT2D eigenvalue weighted by Gasteiger charge is 2.22. The first-order valence-corrected chi connectivity index (χ1v) is 5.60. The van der Waals surface area contributed by atoms with Crippen molar-refractivity contribution in [3.8, 4) is 6.07 Å². The number of nitriles is 1. The van der Waals surface area contributed by atoms with Gasteiger partial charge in [0, 0.05) is 0 Å². The largest absolute Gasteiger partial charge is 1.00 e. The van der Waals surface area contributed by atoms with Crippen molar-refractivity contribution < 1.29 is 31.6 Å². The van der Waals surface area contributed by atoms with Crippen LogP contribution in [0.1, 0.15) is 32.0 Å². The van der Waals surface area contributed by atoms with Crippen molar-refractivity contribution in [2.75, 3.05) is 0 Å². The number of rotatable bonds is 7. The molecule has 8 heteroatoms. The Morgan fingerprint density at radius 2 is 2.33 bits per heavy atom. The summed E-state index contributed by atoms with van der Waals surface area (Å²) in [7, 11) is 0. The lowest BCUT2D eigenvalue weighted by Gasteiger charge is -1.97. The Kier molecular flexibility index (Phi) is 7.87. The minimum Gasteiger partial charge on any atom is -1.00 e. The molecule has 0 saturated carbocycles. The van der Waals surface area contributed by atoms with Crippen LogP contribution in [0, 0.1) is 11.3 Å². The summed E-state index contributed by atoms with van der Waals surface area (Å²) in [5.74, 6) is -0.378. The van der Waals surface area contributed by atoms with Crippen LogP contribution < -0.4 is 21.7 Å². The molecule has 7 nitrogen and oxygen atoms in total. The summed E-state index contributed by atoms with van der Waals surface area (Å²) >= 11 is 0. The maximum Gasteiger partial charge on any atom is 0.314 e. The van der Waals surface area contributed by atoms with E-state index in [9.17, 15) is 4.79 Å². The lowest BCUT2D eigenvalue weighted by molar-refractivity contribution is -0.760. The van der Waals surface area contributed by atoms with Gasteiger partial charge in [0.1, 0.15) is 24.7 Å². The summed E-state index contributed by atoms with van der Waals surface area (Å²) in [6.07, 6.45) is 2.10. The number of hydrogen-bond donors (Lipinski definition) is 1. The Morgan fingerprint density at radius 1 is 1.61 bits per heavy atom. The summed E-state index contributed by atoms with van der Waals surface area (Å²) in [5, 5.41) is 25.1. The quantitative estimate of drug-likeness (QED) is 0.538. The number of tetrazole rings is 1. The SMILES string of the molecule is CCCCn1nn[n+](CCC#N)c1CC(=O)O.[Br-]. The van der Waals surface area contributed by atoms with Gasteiger partial charge in [-0.2, -0.15) is 5.26 Å². The monoisotopic (exact) mass is 317 g/mol. The summed E-state index contributed by atoms with van der Waals surface area (Å²) in [5.41, 5.74) is 0. The van der Waals surface area contributed by atoms with Gasteiger partial charge >= 0.3 is 5.97 Å². The Bertz CT molecular complexity index is 426. The second kappa shape index (κ2) is 8.58. The number of carboxylic acids is 1. The van der Waals surface area contributed by atoms with Gasteiger partial charge in [0.2, 0.25) is 0 Å². The fourth-order valence-corrected chi connectivity index (χ4v) is 1.46. The van der Waals surface area contributed by atoms with Crippen molar-refractivity contribution in [2.24, 2.45) is 0 Å². The Labute approximate surface area is 116 Å². The van der Waals surface area contributed by atoms with E-state index in [4.69, 9.17) is 10.4 Å². The lowest BCUT2D eigenvalue weighted by atomic mass is 10.3. The van der Waals surface area contributed by atoms with Gasteiger partial charge in [-0.1, -0.05) is 18.0 Å². The van der Waals surface area contributed by atoms with Gasteiger partial charge in [-0.25, -0.2) is 0 Å². The van der Waals surface area contributed by atoms with Crippen molar-refractivity contribution >= 4 is 5.97 Å². The Morgan fingerprint density at radius 3 is 2.89 bits per heavy atom. The topological polar surface area (TPSA) is 95.7 Å².